The second-order valence-corrected chi connectivity index (χ2v) is 8.37. The van der Waals surface area contributed by atoms with Crippen LogP contribution in [0.4, 0.5) is 5.69 Å². The Morgan fingerprint density at radius 3 is 2.45 bits per heavy atom. The molecule has 0 unspecified atom stereocenters. The monoisotopic (exact) mass is 441 g/mol. The maximum absolute atomic E-state index is 13.0. The smallest absolute Gasteiger partial charge is 0.253 e. The lowest BCUT2D eigenvalue weighted by Crippen LogP contribution is -2.49. The second-order valence-electron chi connectivity index (χ2n) is 7.93. The van der Waals surface area contributed by atoms with Gasteiger partial charge >= 0.3 is 0 Å². The van der Waals surface area contributed by atoms with Gasteiger partial charge in [0.05, 0.1) is 0 Å². The molecule has 31 heavy (non-hydrogen) atoms. The molecule has 2 aliphatic rings. The average molecular weight is 442 g/mol. The Balaban J connectivity index is 1.27. The molecule has 2 amide bonds. The van der Waals surface area contributed by atoms with Crippen molar-refractivity contribution in [2.75, 3.05) is 50.8 Å². The first-order chi connectivity index (χ1) is 15.0. The van der Waals surface area contributed by atoms with Gasteiger partial charge in [0.1, 0.15) is 12.4 Å². The van der Waals surface area contributed by atoms with E-state index in [0.29, 0.717) is 43.2 Å². The van der Waals surface area contributed by atoms with Crippen LogP contribution in [-0.4, -0.2) is 67.5 Å². The van der Waals surface area contributed by atoms with E-state index in [4.69, 9.17) is 16.3 Å². The molecule has 2 aliphatic heterocycles. The zero-order chi connectivity index (χ0) is 21.8. The van der Waals surface area contributed by atoms with Crippen molar-refractivity contribution in [1.29, 1.82) is 0 Å². The van der Waals surface area contributed by atoms with Crippen molar-refractivity contribution in [1.82, 2.24) is 9.80 Å². The van der Waals surface area contributed by atoms with Gasteiger partial charge < -0.3 is 14.5 Å². The number of amides is 2. The molecule has 0 N–H and O–H groups in total. The van der Waals surface area contributed by atoms with E-state index in [1.165, 1.54) is 0 Å². The fourth-order valence-electron chi connectivity index (χ4n) is 4.17. The molecule has 0 bridgehead atoms. The molecule has 0 atom stereocenters. The van der Waals surface area contributed by atoms with Crippen molar-refractivity contribution in [3.8, 4) is 5.75 Å². The Kier molecular flexibility index (Phi) is 6.78. The molecular formula is C24H28ClN3O3. The topological polar surface area (TPSA) is 53.1 Å². The van der Waals surface area contributed by atoms with Gasteiger partial charge in [0.2, 0.25) is 5.91 Å². The van der Waals surface area contributed by atoms with Gasteiger partial charge in [-0.25, -0.2) is 0 Å². The van der Waals surface area contributed by atoms with E-state index in [2.05, 4.69) is 4.90 Å². The van der Waals surface area contributed by atoms with Gasteiger partial charge in [0.25, 0.3) is 5.91 Å². The lowest BCUT2D eigenvalue weighted by molar-refractivity contribution is -0.118. The Morgan fingerprint density at radius 2 is 1.74 bits per heavy atom. The third-order valence-corrected chi connectivity index (χ3v) is 6.23. The minimum atomic E-state index is 0.0696. The van der Waals surface area contributed by atoms with E-state index < -0.39 is 0 Å². The maximum atomic E-state index is 13.0. The normalized spacial score (nSPS) is 16.3. The quantitative estimate of drug-likeness (QED) is 0.688. The van der Waals surface area contributed by atoms with Crippen molar-refractivity contribution in [3.05, 3.63) is 58.6 Å². The van der Waals surface area contributed by atoms with E-state index in [9.17, 15) is 9.59 Å². The summed E-state index contributed by atoms with van der Waals surface area (Å²) in [7, 11) is 0. The van der Waals surface area contributed by atoms with E-state index in [0.717, 1.165) is 43.1 Å². The third-order valence-electron chi connectivity index (χ3n) is 5.97. The number of benzene rings is 2. The van der Waals surface area contributed by atoms with Gasteiger partial charge in [-0.05, 0) is 54.4 Å². The molecule has 6 nitrogen and oxygen atoms in total. The van der Waals surface area contributed by atoms with Crippen LogP contribution in [0.5, 0.6) is 5.75 Å². The zero-order valence-electron chi connectivity index (χ0n) is 17.8. The lowest BCUT2D eigenvalue weighted by Gasteiger charge is -2.34. The first-order valence-electron chi connectivity index (χ1n) is 10.9. The van der Waals surface area contributed by atoms with Crippen molar-refractivity contribution < 1.29 is 14.3 Å². The molecule has 2 aromatic rings. The third kappa shape index (κ3) is 5.02. The number of carbonyl (C=O) groups excluding carboxylic acids is 2. The van der Waals surface area contributed by atoms with Crippen LogP contribution in [0, 0.1) is 0 Å². The molecule has 7 heteroatoms. The van der Waals surface area contributed by atoms with E-state index in [1.54, 1.807) is 0 Å². The summed E-state index contributed by atoms with van der Waals surface area (Å²) in [6.45, 7) is 7.09. The van der Waals surface area contributed by atoms with Gasteiger partial charge in [-0.2, -0.15) is 0 Å². The number of hydrogen-bond donors (Lipinski definition) is 0. The van der Waals surface area contributed by atoms with Crippen LogP contribution in [0.1, 0.15) is 29.3 Å². The predicted molar refractivity (Wildman–Crippen MR) is 122 cm³/mol. The molecule has 0 aliphatic carbocycles. The lowest BCUT2D eigenvalue weighted by atomic mass is 10.1. The number of nitrogens with zero attached hydrogens (tertiary/aromatic N) is 3. The average Bonchev–Trinajstić information content (AvgIpc) is 3.23. The van der Waals surface area contributed by atoms with Crippen LogP contribution >= 0.6 is 11.6 Å². The summed E-state index contributed by atoms with van der Waals surface area (Å²) in [6, 6.07) is 13.1. The molecule has 2 heterocycles. The molecule has 0 spiro atoms. The largest absolute Gasteiger partial charge is 0.492 e. The van der Waals surface area contributed by atoms with Crippen LogP contribution in [0.2, 0.25) is 5.02 Å². The van der Waals surface area contributed by atoms with E-state index in [-0.39, 0.29) is 11.8 Å². The minimum Gasteiger partial charge on any atom is -0.492 e. The fraction of sp³-hybridized carbons (Fsp3) is 0.417. The molecule has 0 radical (unpaired) electrons. The van der Waals surface area contributed by atoms with Gasteiger partial charge in [0.15, 0.2) is 0 Å². The van der Waals surface area contributed by atoms with Gasteiger partial charge in [-0.15, -0.1) is 0 Å². The SMILES string of the molecule is CCC(=O)N1CCc2cc(C(=O)N3CCN(CCOc4ccc(Cl)cc4)CC3)ccc21. The molecule has 0 aromatic heterocycles. The summed E-state index contributed by atoms with van der Waals surface area (Å²) < 4.78 is 5.77. The zero-order valence-corrected chi connectivity index (χ0v) is 18.6. The van der Waals surface area contributed by atoms with Gasteiger partial charge in [-0.1, -0.05) is 18.5 Å². The van der Waals surface area contributed by atoms with Crippen molar-refractivity contribution in [3.63, 3.8) is 0 Å². The van der Waals surface area contributed by atoms with Gasteiger partial charge in [0, 0.05) is 62.0 Å². The Bertz CT molecular complexity index is 940. The van der Waals surface area contributed by atoms with Crippen molar-refractivity contribution in [2.24, 2.45) is 0 Å². The summed E-state index contributed by atoms with van der Waals surface area (Å²) in [5.41, 5.74) is 2.75. The summed E-state index contributed by atoms with van der Waals surface area (Å²) in [5, 5.41) is 0.697. The standard InChI is InChI=1S/C24H28ClN3O3/c1-2-23(29)28-10-9-18-17-19(3-8-22(18)28)24(30)27-13-11-26(12-14-27)15-16-31-21-6-4-20(25)5-7-21/h3-8,17H,2,9-16H2,1H3. The molecule has 1 saturated heterocycles. The number of carbonyl (C=O) groups is 2. The predicted octanol–water partition coefficient (Wildman–Crippen LogP) is 3.48. The van der Waals surface area contributed by atoms with Crippen LogP contribution in [0.25, 0.3) is 0 Å². The Hall–Kier alpha value is -2.57. The van der Waals surface area contributed by atoms with Crippen LogP contribution < -0.4 is 9.64 Å². The maximum Gasteiger partial charge on any atom is 0.253 e. The number of ether oxygens (including phenoxy) is 1. The molecule has 164 valence electrons. The summed E-state index contributed by atoms with van der Waals surface area (Å²) >= 11 is 5.89. The minimum absolute atomic E-state index is 0.0696. The van der Waals surface area contributed by atoms with Crippen LogP contribution in [-0.2, 0) is 11.2 Å². The highest BCUT2D eigenvalue weighted by atomic mass is 35.5. The Morgan fingerprint density at radius 1 is 1.00 bits per heavy atom. The number of hydrogen-bond acceptors (Lipinski definition) is 4. The highest BCUT2D eigenvalue weighted by Gasteiger charge is 2.26. The first-order valence-corrected chi connectivity index (χ1v) is 11.3. The molecule has 2 aromatic carbocycles. The second kappa shape index (κ2) is 9.71. The number of piperazine rings is 1. The highest BCUT2D eigenvalue weighted by molar-refractivity contribution is 6.30. The molecule has 0 saturated carbocycles. The van der Waals surface area contributed by atoms with Crippen LogP contribution in [0.15, 0.2) is 42.5 Å². The van der Waals surface area contributed by atoms with Crippen molar-refractivity contribution in [2.45, 2.75) is 19.8 Å². The summed E-state index contributed by atoms with van der Waals surface area (Å²) in [5.74, 6) is 1.02. The number of anilines is 1. The summed E-state index contributed by atoms with van der Waals surface area (Å²) in [4.78, 5) is 31.1. The number of halogens is 1. The van der Waals surface area contributed by atoms with Gasteiger partial charge in [-0.3, -0.25) is 14.5 Å². The van der Waals surface area contributed by atoms with E-state index in [1.807, 2.05) is 59.2 Å². The number of rotatable bonds is 6. The first kappa shape index (κ1) is 21.7. The molecule has 1 fully saturated rings. The van der Waals surface area contributed by atoms with Crippen molar-refractivity contribution >= 4 is 29.1 Å². The number of fused-ring (bicyclic) bond motifs is 1. The fourth-order valence-corrected chi connectivity index (χ4v) is 4.29. The summed E-state index contributed by atoms with van der Waals surface area (Å²) in [6.07, 6.45) is 1.30. The Labute approximate surface area is 188 Å². The van der Waals surface area contributed by atoms with E-state index >= 15 is 0 Å². The molecule has 4 rings (SSSR count). The molecular weight excluding hydrogens is 414 g/mol. The highest BCUT2D eigenvalue weighted by Crippen LogP contribution is 2.30. The van der Waals surface area contributed by atoms with Crippen LogP contribution in [0.3, 0.4) is 0 Å².